The van der Waals surface area contributed by atoms with Gasteiger partial charge >= 0.3 is 0 Å². The molecule has 0 atom stereocenters. The maximum absolute atomic E-state index is 12.4. The molecule has 3 heteroatoms. The molecule has 2 fully saturated rings. The lowest BCUT2D eigenvalue weighted by Crippen LogP contribution is -2.39. The summed E-state index contributed by atoms with van der Waals surface area (Å²) in [6, 6.07) is 4.85. The Labute approximate surface area is 114 Å². The molecule has 0 saturated heterocycles. The third-order valence-corrected chi connectivity index (χ3v) is 4.02. The zero-order chi connectivity index (χ0) is 13.1. The van der Waals surface area contributed by atoms with E-state index in [1.165, 1.54) is 38.5 Å². The van der Waals surface area contributed by atoms with Crippen LogP contribution in [0, 0.1) is 0 Å². The summed E-state index contributed by atoms with van der Waals surface area (Å²) in [7, 11) is 0. The van der Waals surface area contributed by atoms with Crippen molar-refractivity contribution in [1.29, 1.82) is 0 Å². The van der Waals surface area contributed by atoms with E-state index in [2.05, 4.69) is 9.88 Å². The highest BCUT2D eigenvalue weighted by molar-refractivity contribution is 5.92. The second-order valence-electron chi connectivity index (χ2n) is 5.53. The van der Waals surface area contributed by atoms with Crippen molar-refractivity contribution in [3.8, 4) is 0 Å². The molecule has 0 unspecified atom stereocenters. The van der Waals surface area contributed by atoms with Crippen LogP contribution in [-0.4, -0.2) is 27.9 Å². The summed E-state index contributed by atoms with van der Waals surface area (Å²) < 4.78 is 0. The monoisotopic (exact) mass is 256 g/mol. The van der Waals surface area contributed by atoms with Crippen molar-refractivity contribution in [3.63, 3.8) is 0 Å². The van der Waals surface area contributed by atoms with E-state index in [1.807, 2.05) is 18.2 Å². The molecule has 1 heterocycles. The van der Waals surface area contributed by atoms with E-state index in [1.54, 1.807) is 18.5 Å². The van der Waals surface area contributed by atoms with Crippen molar-refractivity contribution in [1.82, 2.24) is 9.88 Å². The Morgan fingerprint density at radius 3 is 2.58 bits per heavy atom. The molecular formula is C16H20N2O. The Kier molecular flexibility index (Phi) is 3.62. The summed E-state index contributed by atoms with van der Waals surface area (Å²) in [5, 5.41) is 0. The van der Waals surface area contributed by atoms with Crippen LogP contribution in [0.3, 0.4) is 0 Å². The first kappa shape index (κ1) is 12.4. The van der Waals surface area contributed by atoms with Crippen LogP contribution in [0.15, 0.2) is 30.6 Å². The first-order chi connectivity index (χ1) is 9.34. The van der Waals surface area contributed by atoms with Gasteiger partial charge in [-0.15, -0.1) is 0 Å². The highest BCUT2D eigenvalue weighted by atomic mass is 16.2. The normalized spacial score (nSPS) is 20.0. The quantitative estimate of drug-likeness (QED) is 0.776. The summed E-state index contributed by atoms with van der Waals surface area (Å²) in [6.45, 7) is 0. The van der Waals surface area contributed by atoms with Gasteiger partial charge in [0.2, 0.25) is 5.91 Å². The van der Waals surface area contributed by atoms with Gasteiger partial charge in [-0.2, -0.15) is 0 Å². The van der Waals surface area contributed by atoms with Crippen molar-refractivity contribution in [2.24, 2.45) is 0 Å². The van der Waals surface area contributed by atoms with Crippen molar-refractivity contribution < 1.29 is 4.79 Å². The Balaban J connectivity index is 1.68. The smallest absolute Gasteiger partial charge is 0.247 e. The average Bonchev–Trinajstić information content (AvgIpc) is 3.12. The van der Waals surface area contributed by atoms with Crippen molar-refractivity contribution in [3.05, 3.63) is 36.2 Å². The molecule has 0 N–H and O–H groups in total. The SMILES string of the molecule is O=C(/C=C/c1cccnc1)N(C1CCCC1)C1CC1. The summed E-state index contributed by atoms with van der Waals surface area (Å²) in [5.74, 6) is 0.179. The largest absolute Gasteiger partial charge is 0.333 e. The van der Waals surface area contributed by atoms with Crippen molar-refractivity contribution in [2.75, 3.05) is 0 Å². The van der Waals surface area contributed by atoms with E-state index in [4.69, 9.17) is 0 Å². The average molecular weight is 256 g/mol. The van der Waals surface area contributed by atoms with Gasteiger partial charge in [0.05, 0.1) is 0 Å². The zero-order valence-corrected chi connectivity index (χ0v) is 11.2. The predicted molar refractivity (Wildman–Crippen MR) is 75.4 cm³/mol. The second-order valence-corrected chi connectivity index (χ2v) is 5.53. The third-order valence-electron chi connectivity index (χ3n) is 4.02. The standard InChI is InChI=1S/C16H20N2O/c19-16(10-7-13-4-3-11-17-12-13)18(15-8-9-15)14-5-1-2-6-14/h3-4,7,10-12,14-15H,1-2,5-6,8-9H2/b10-7+. The maximum atomic E-state index is 12.4. The molecule has 0 radical (unpaired) electrons. The van der Waals surface area contributed by atoms with E-state index >= 15 is 0 Å². The van der Waals surface area contributed by atoms with Crippen LogP contribution in [0.2, 0.25) is 0 Å². The lowest BCUT2D eigenvalue weighted by Gasteiger charge is -2.27. The first-order valence-electron chi connectivity index (χ1n) is 7.25. The number of pyridine rings is 1. The Morgan fingerprint density at radius 1 is 1.21 bits per heavy atom. The fourth-order valence-electron chi connectivity index (χ4n) is 2.92. The molecule has 0 bridgehead atoms. The van der Waals surface area contributed by atoms with Crippen LogP contribution >= 0.6 is 0 Å². The van der Waals surface area contributed by atoms with Crippen molar-refractivity contribution >= 4 is 12.0 Å². The van der Waals surface area contributed by atoms with Crippen LogP contribution in [0.1, 0.15) is 44.1 Å². The van der Waals surface area contributed by atoms with Crippen LogP contribution in [0.5, 0.6) is 0 Å². The molecule has 3 nitrogen and oxygen atoms in total. The Bertz CT molecular complexity index is 459. The van der Waals surface area contributed by atoms with Gasteiger partial charge in [-0.3, -0.25) is 9.78 Å². The molecule has 0 spiro atoms. The molecule has 2 saturated carbocycles. The van der Waals surface area contributed by atoms with E-state index in [0.29, 0.717) is 12.1 Å². The highest BCUT2D eigenvalue weighted by Gasteiger charge is 2.37. The Hall–Kier alpha value is -1.64. The molecular weight excluding hydrogens is 236 g/mol. The van der Waals surface area contributed by atoms with Gasteiger partial charge in [0.15, 0.2) is 0 Å². The number of nitrogens with zero attached hydrogens (tertiary/aromatic N) is 2. The van der Waals surface area contributed by atoms with Gasteiger partial charge in [-0.05, 0) is 43.4 Å². The molecule has 100 valence electrons. The lowest BCUT2D eigenvalue weighted by molar-refractivity contribution is -0.128. The van der Waals surface area contributed by atoms with Crippen molar-refractivity contribution in [2.45, 2.75) is 50.6 Å². The number of amides is 1. The van der Waals surface area contributed by atoms with Crippen LogP contribution in [0.25, 0.3) is 6.08 Å². The van der Waals surface area contributed by atoms with Gasteiger partial charge in [0.25, 0.3) is 0 Å². The Morgan fingerprint density at radius 2 is 1.95 bits per heavy atom. The molecule has 1 aromatic rings. The van der Waals surface area contributed by atoms with Gasteiger partial charge in [-0.1, -0.05) is 18.9 Å². The van der Waals surface area contributed by atoms with Gasteiger partial charge < -0.3 is 4.90 Å². The van der Waals surface area contributed by atoms with E-state index < -0.39 is 0 Å². The van der Waals surface area contributed by atoms with E-state index in [-0.39, 0.29) is 5.91 Å². The lowest BCUT2D eigenvalue weighted by atomic mass is 10.2. The summed E-state index contributed by atoms with van der Waals surface area (Å²) in [5.41, 5.74) is 0.984. The fourth-order valence-corrected chi connectivity index (χ4v) is 2.92. The number of carbonyl (C=O) groups excluding carboxylic acids is 1. The third kappa shape index (κ3) is 3.03. The van der Waals surface area contributed by atoms with Gasteiger partial charge in [0, 0.05) is 30.6 Å². The number of carbonyl (C=O) groups is 1. The predicted octanol–water partition coefficient (Wildman–Crippen LogP) is 3.03. The number of hydrogen-bond acceptors (Lipinski definition) is 2. The van der Waals surface area contributed by atoms with Gasteiger partial charge in [0.1, 0.15) is 0 Å². The topological polar surface area (TPSA) is 33.2 Å². The molecule has 0 aliphatic heterocycles. The highest BCUT2D eigenvalue weighted by Crippen LogP contribution is 2.34. The van der Waals surface area contributed by atoms with Crippen LogP contribution < -0.4 is 0 Å². The minimum absolute atomic E-state index is 0.179. The first-order valence-corrected chi connectivity index (χ1v) is 7.25. The number of rotatable bonds is 4. The zero-order valence-electron chi connectivity index (χ0n) is 11.2. The minimum atomic E-state index is 0.179. The maximum Gasteiger partial charge on any atom is 0.247 e. The van der Waals surface area contributed by atoms with Crippen LogP contribution in [-0.2, 0) is 4.79 Å². The van der Waals surface area contributed by atoms with Crippen LogP contribution in [0.4, 0.5) is 0 Å². The summed E-state index contributed by atoms with van der Waals surface area (Å²) in [6.07, 6.45) is 14.4. The molecule has 1 aromatic heterocycles. The number of aromatic nitrogens is 1. The number of hydrogen-bond donors (Lipinski definition) is 0. The molecule has 2 aliphatic rings. The van der Waals surface area contributed by atoms with E-state index in [9.17, 15) is 4.79 Å². The van der Waals surface area contributed by atoms with Gasteiger partial charge in [-0.25, -0.2) is 0 Å². The summed E-state index contributed by atoms with van der Waals surface area (Å²) >= 11 is 0. The molecule has 0 aromatic carbocycles. The molecule has 1 amide bonds. The molecule has 2 aliphatic carbocycles. The minimum Gasteiger partial charge on any atom is -0.333 e. The fraction of sp³-hybridized carbons (Fsp3) is 0.500. The second kappa shape index (κ2) is 5.55. The van der Waals surface area contributed by atoms with E-state index in [0.717, 1.165) is 5.56 Å². The summed E-state index contributed by atoms with van der Waals surface area (Å²) in [4.78, 5) is 18.6. The molecule has 3 rings (SSSR count). The molecule has 19 heavy (non-hydrogen) atoms.